The molecule has 1 aromatic carbocycles. The minimum absolute atomic E-state index is 0.0797. The standard InChI is InChI=1S/C27H32N4OS/c1-18(2)25-28-26(24-21-11-9-19(3)17-22(21)33-27(24)29-25)31-15-13-30(14-16-31)23(32)12-10-20-7-5-4-6-8-20/h4-8,10,12,18-19H,9,11,13-17H2,1-3H3/b12-10+/t19-/m1/s1. The van der Waals surface area contributed by atoms with Gasteiger partial charge in [0.2, 0.25) is 5.91 Å². The topological polar surface area (TPSA) is 49.3 Å². The first-order valence-corrected chi connectivity index (χ1v) is 12.9. The number of benzene rings is 1. The summed E-state index contributed by atoms with van der Waals surface area (Å²) in [5, 5.41) is 1.27. The highest BCUT2D eigenvalue weighted by Gasteiger charge is 2.28. The number of hydrogen-bond donors (Lipinski definition) is 0. The number of aryl methyl sites for hydroxylation is 1. The third-order valence-corrected chi connectivity index (χ3v) is 7.93. The van der Waals surface area contributed by atoms with Crippen molar-refractivity contribution in [2.45, 2.75) is 46.0 Å². The summed E-state index contributed by atoms with van der Waals surface area (Å²) in [6, 6.07) is 9.98. The van der Waals surface area contributed by atoms with Crippen LogP contribution in [0.25, 0.3) is 16.3 Å². The molecule has 0 saturated carbocycles. The zero-order valence-electron chi connectivity index (χ0n) is 19.8. The van der Waals surface area contributed by atoms with E-state index in [1.807, 2.05) is 52.6 Å². The van der Waals surface area contributed by atoms with E-state index in [9.17, 15) is 4.79 Å². The number of carbonyl (C=O) groups excluding carboxylic acids is 1. The Balaban J connectivity index is 1.38. The molecule has 1 fully saturated rings. The highest BCUT2D eigenvalue weighted by Crippen LogP contribution is 2.41. The van der Waals surface area contributed by atoms with E-state index in [4.69, 9.17) is 9.97 Å². The van der Waals surface area contributed by atoms with Crippen LogP contribution in [0, 0.1) is 5.92 Å². The number of hydrogen-bond acceptors (Lipinski definition) is 5. The molecule has 0 bridgehead atoms. The lowest BCUT2D eigenvalue weighted by Gasteiger charge is -2.35. The zero-order valence-corrected chi connectivity index (χ0v) is 20.6. The first kappa shape index (κ1) is 22.1. The fourth-order valence-corrected chi connectivity index (χ4v) is 6.19. The molecule has 0 spiro atoms. The fourth-order valence-electron chi connectivity index (χ4n) is 4.80. The highest BCUT2D eigenvalue weighted by atomic mass is 32.1. The maximum atomic E-state index is 12.7. The third kappa shape index (κ3) is 4.54. The molecule has 1 aliphatic heterocycles. The molecule has 0 N–H and O–H groups in total. The molecule has 2 aliphatic rings. The summed E-state index contributed by atoms with van der Waals surface area (Å²) < 4.78 is 0. The molecule has 0 radical (unpaired) electrons. The van der Waals surface area contributed by atoms with Crippen molar-refractivity contribution in [3.63, 3.8) is 0 Å². The SMILES string of the molecule is CC(C)c1nc(N2CCN(C(=O)/C=C/c3ccccc3)CC2)c2c3c(sc2n1)C[C@H](C)CC3. The van der Waals surface area contributed by atoms with E-state index < -0.39 is 0 Å². The van der Waals surface area contributed by atoms with Gasteiger partial charge in [0, 0.05) is 43.1 Å². The van der Waals surface area contributed by atoms with Gasteiger partial charge in [-0.15, -0.1) is 11.3 Å². The van der Waals surface area contributed by atoms with Crippen molar-refractivity contribution >= 4 is 39.4 Å². The van der Waals surface area contributed by atoms with Crippen molar-refractivity contribution in [3.05, 3.63) is 58.2 Å². The Hall–Kier alpha value is -2.73. The summed E-state index contributed by atoms with van der Waals surface area (Å²) in [6.07, 6.45) is 7.11. The normalized spacial score (nSPS) is 19.0. The number of piperazine rings is 1. The Morgan fingerprint density at radius 2 is 1.88 bits per heavy atom. The number of thiophene rings is 1. The van der Waals surface area contributed by atoms with Gasteiger partial charge in [0.05, 0.1) is 5.39 Å². The van der Waals surface area contributed by atoms with Gasteiger partial charge in [-0.05, 0) is 42.4 Å². The molecule has 0 unspecified atom stereocenters. The van der Waals surface area contributed by atoms with Crippen LogP contribution in [0.4, 0.5) is 5.82 Å². The van der Waals surface area contributed by atoms with Gasteiger partial charge in [-0.2, -0.15) is 0 Å². The maximum absolute atomic E-state index is 12.7. The fraction of sp³-hybridized carbons (Fsp3) is 0.444. The minimum atomic E-state index is 0.0797. The molecule has 33 heavy (non-hydrogen) atoms. The molecule has 3 heterocycles. The molecule has 6 heteroatoms. The first-order chi connectivity index (χ1) is 16.0. The minimum Gasteiger partial charge on any atom is -0.352 e. The van der Waals surface area contributed by atoms with E-state index >= 15 is 0 Å². The van der Waals surface area contributed by atoms with Crippen molar-refractivity contribution in [1.29, 1.82) is 0 Å². The number of amides is 1. The van der Waals surface area contributed by atoms with Gasteiger partial charge in [-0.1, -0.05) is 51.1 Å². The van der Waals surface area contributed by atoms with Crippen LogP contribution in [0.2, 0.25) is 0 Å². The van der Waals surface area contributed by atoms with Crippen LogP contribution in [0.3, 0.4) is 0 Å². The summed E-state index contributed by atoms with van der Waals surface area (Å²) in [4.78, 5) is 29.8. The Kier molecular flexibility index (Phi) is 6.19. The van der Waals surface area contributed by atoms with Gasteiger partial charge >= 0.3 is 0 Å². The number of aromatic nitrogens is 2. The largest absolute Gasteiger partial charge is 0.352 e. The lowest BCUT2D eigenvalue weighted by molar-refractivity contribution is -0.126. The third-order valence-electron chi connectivity index (χ3n) is 6.78. The Bertz CT molecular complexity index is 1180. The second-order valence-electron chi connectivity index (χ2n) is 9.65. The number of rotatable bonds is 4. The molecule has 2 aromatic heterocycles. The Morgan fingerprint density at radius 3 is 2.61 bits per heavy atom. The van der Waals surface area contributed by atoms with E-state index in [-0.39, 0.29) is 11.8 Å². The number of fused-ring (bicyclic) bond motifs is 3. The summed E-state index contributed by atoms with van der Waals surface area (Å²) >= 11 is 1.87. The molecule has 1 saturated heterocycles. The summed E-state index contributed by atoms with van der Waals surface area (Å²) in [7, 11) is 0. The van der Waals surface area contributed by atoms with Crippen molar-refractivity contribution in [2.75, 3.05) is 31.1 Å². The number of anilines is 1. The molecule has 1 atom stereocenters. The Labute approximate surface area is 200 Å². The summed E-state index contributed by atoms with van der Waals surface area (Å²) in [6.45, 7) is 9.70. The molecule has 1 aliphatic carbocycles. The van der Waals surface area contributed by atoms with Crippen LogP contribution in [-0.2, 0) is 17.6 Å². The van der Waals surface area contributed by atoms with Crippen LogP contribution in [0.15, 0.2) is 36.4 Å². The molecule has 5 rings (SSSR count). The second-order valence-corrected chi connectivity index (χ2v) is 10.7. The quantitative estimate of drug-likeness (QED) is 0.496. The van der Waals surface area contributed by atoms with E-state index in [1.165, 1.54) is 22.2 Å². The molecule has 5 nitrogen and oxygen atoms in total. The predicted octanol–water partition coefficient (Wildman–Crippen LogP) is 5.30. The molecular weight excluding hydrogens is 428 g/mol. The molecule has 3 aromatic rings. The van der Waals surface area contributed by atoms with Crippen molar-refractivity contribution in [1.82, 2.24) is 14.9 Å². The van der Waals surface area contributed by atoms with Crippen LogP contribution >= 0.6 is 11.3 Å². The van der Waals surface area contributed by atoms with Gasteiger partial charge in [0.1, 0.15) is 16.5 Å². The second kappa shape index (κ2) is 9.26. The Morgan fingerprint density at radius 1 is 1.12 bits per heavy atom. The smallest absolute Gasteiger partial charge is 0.246 e. The first-order valence-electron chi connectivity index (χ1n) is 12.1. The number of carbonyl (C=O) groups is 1. The van der Waals surface area contributed by atoms with E-state index in [1.54, 1.807) is 6.08 Å². The predicted molar refractivity (Wildman–Crippen MR) is 137 cm³/mol. The highest BCUT2D eigenvalue weighted by molar-refractivity contribution is 7.19. The average Bonchev–Trinajstić information content (AvgIpc) is 3.20. The van der Waals surface area contributed by atoms with Crippen LogP contribution in [0.1, 0.15) is 54.9 Å². The lowest BCUT2D eigenvalue weighted by Crippen LogP contribution is -2.48. The summed E-state index contributed by atoms with van der Waals surface area (Å²) in [5.41, 5.74) is 2.52. The maximum Gasteiger partial charge on any atom is 0.246 e. The van der Waals surface area contributed by atoms with E-state index in [0.29, 0.717) is 13.1 Å². The van der Waals surface area contributed by atoms with Crippen LogP contribution in [0.5, 0.6) is 0 Å². The molecular formula is C27H32N4OS. The van der Waals surface area contributed by atoms with E-state index in [2.05, 4.69) is 25.7 Å². The van der Waals surface area contributed by atoms with Gasteiger partial charge in [0.15, 0.2) is 0 Å². The summed E-state index contributed by atoms with van der Waals surface area (Å²) in [5.74, 6) is 3.12. The van der Waals surface area contributed by atoms with E-state index in [0.717, 1.165) is 53.9 Å². The van der Waals surface area contributed by atoms with Crippen LogP contribution < -0.4 is 4.90 Å². The number of nitrogens with zero attached hydrogens (tertiary/aromatic N) is 4. The molecule has 1 amide bonds. The van der Waals surface area contributed by atoms with Gasteiger partial charge in [-0.25, -0.2) is 9.97 Å². The van der Waals surface area contributed by atoms with Crippen molar-refractivity contribution in [2.24, 2.45) is 5.92 Å². The van der Waals surface area contributed by atoms with Gasteiger partial charge < -0.3 is 9.80 Å². The molecule has 172 valence electrons. The van der Waals surface area contributed by atoms with Crippen LogP contribution in [-0.4, -0.2) is 47.0 Å². The monoisotopic (exact) mass is 460 g/mol. The zero-order chi connectivity index (χ0) is 22.9. The lowest BCUT2D eigenvalue weighted by atomic mass is 9.89. The van der Waals surface area contributed by atoms with Gasteiger partial charge in [0.25, 0.3) is 0 Å². The van der Waals surface area contributed by atoms with Gasteiger partial charge in [-0.3, -0.25) is 4.79 Å². The van der Waals surface area contributed by atoms with Crippen molar-refractivity contribution < 1.29 is 4.79 Å². The average molecular weight is 461 g/mol. The van der Waals surface area contributed by atoms with Crippen molar-refractivity contribution in [3.8, 4) is 0 Å².